The summed E-state index contributed by atoms with van der Waals surface area (Å²) in [4.78, 5) is 25.9. The predicted octanol–water partition coefficient (Wildman–Crippen LogP) is 2.89. The number of carbonyl (C=O) groups excluding carboxylic acids is 2. The Hall–Kier alpha value is -0.820. The van der Waals surface area contributed by atoms with Crippen LogP contribution in [0.3, 0.4) is 0 Å². The molecule has 0 saturated heterocycles. The first-order valence-corrected chi connectivity index (χ1v) is 9.33. The lowest BCUT2D eigenvalue weighted by Crippen LogP contribution is -2.47. The van der Waals surface area contributed by atoms with Gasteiger partial charge in [0.1, 0.15) is 4.32 Å². The summed E-state index contributed by atoms with van der Waals surface area (Å²) < 4.78 is 0.695. The largest absolute Gasteiger partial charge is 0.358 e. The normalized spacial score (nSPS) is 16.7. The highest BCUT2D eigenvalue weighted by Gasteiger charge is 2.22. The topological polar surface area (TPSA) is 61.4 Å². The SMILES string of the molecule is CCN(CC)C(=S)S[C@H](C)C(=O)NC(=O)NC1CCCCC1. The van der Waals surface area contributed by atoms with Gasteiger partial charge in [-0.2, -0.15) is 0 Å². The van der Waals surface area contributed by atoms with Gasteiger partial charge in [0.2, 0.25) is 5.91 Å². The molecule has 1 aliphatic carbocycles. The lowest BCUT2D eigenvalue weighted by atomic mass is 9.96. The fourth-order valence-electron chi connectivity index (χ4n) is 2.44. The second kappa shape index (κ2) is 10.0. The Morgan fingerprint density at radius 2 is 1.82 bits per heavy atom. The Labute approximate surface area is 143 Å². The van der Waals surface area contributed by atoms with Crippen LogP contribution in [0.4, 0.5) is 4.79 Å². The molecule has 0 radical (unpaired) electrons. The smallest absolute Gasteiger partial charge is 0.321 e. The standard InChI is InChI=1S/C15H27N3O2S2/c1-4-18(5-2)15(21)22-11(3)13(19)17-14(20)16-12-9-7-6-8-10-12/h11-12H,4-10H2,1-3H3,(H2,16,17,19,20)/t11-/m1/s1. The van der Waals surface area contributed by atoms with Gasteiger partial charge >= 0.3 is 6.03 Å². The van der Waals surface area contributed by atoms with E-state index in [1.165, 1.54) is 18.2 Å². The monoisotopic (exact) mass is 345 g/mol. The van der Waals surface area contributed by atoms with Gasteiger partial charge in [0.15, 0.2) is 0 Å². The second-order valence-electron chi connectivity index (χ2n) is 5.50. The number of rotatable bonds is 5. The van der Waals surface area contributed by atoms with Gasteiger partial charge in [-0.1, -0.05) is 43.2 Å². The van der Waals surface area contributed by atoms with E-state index in [0.29, 0.717) is 4.32 Å². The fourth-order valence-corrected chi connectivity index (χ4v) is 4.01. The van der Waals surface area contributed by atoms with E-state index in [-0.39, 0.29) is 17.2 Å². The van der Waals surface area contributed by atoms with E-state index in [2.05, 4.69) is 10.6 Å². The molecule has 3 amide bonds. The third-order valence-corrected chi connectivity index (χ3v) is 5.42. The first kappa shape index (κ1) is 19.2. The van der Waals surface area contributed by atoms with Gasteiger partial charge in [-0.3, -0.25) is 10.1 Å². The molecule has 126 valence electrons. The molecule has 0 heterocycles. The molecular formula is C15H27N3O2S2. The van der Waals surface area contributed by atoms with E-state index in [1.807, 2.05) is 18.7 Å². The number of urea groups is 1. The fraction of sp³-hybridized carbons (Fsp3) is 0.800. The van der Waals surface area contributed by atoms with Crippen molar-refractivity contribution >= 4 is 40.2 Å². The molecule has 0 unspecified atom stereocenters. The third kappa shape index (κ3) is 6.52. The Kier molecular flexibility index (Phi) is 8.78. The van der Waals surface area contributed by atoms with Crippen LogP contribution in [-0.4, -0.2) is 45.5 Å². The molecule has 0 spiro atoms. The first-order chi connectivity index (χ1) is 10.5. The Morgan fingerprint density at radius 3 is 2.36 bits per heavy atom. The Balaban J connectivity index is 2.36. The van der Waals surface area contributed by atoms with Crippen molar-refractivity contribution in [2.75, 3.05) is 13.1 Å². The molecule has 1 saturated carbocycles. The number of thiocarbonyl (C=S) groups is 1. The Bertz CT molecular complexity index is 394. The molecular weight excluding hydrogens is 318 g/mol. The quantitative estimate of drug-likeness (QED) is 0.750. The van der Waals surface area contributed by atoms with Crippen molar-refractivity contribution in [1.82, 2.24) is 15.5 Å². The van der Waals surface area contributed by atoms with E-state index in [4.69, 9.17) is 12.2 Å². The van der Waals surface area contributed by atoms with Crippen LogP contribution in [0, 0.1) is 0 Å². The molecule has 0 aliphatic heterocycles. The molecule has 1 rings (SSSR count). The van der Waals surface area contributed by atoms with Crippen molar-refractivity contribution in [1.29, 1.82) is 0 Å². The molecule has 5 nitrogen and oxygen atoms in total. The van der Waals surface area contributed by atoms with Crippen LogP contribution in [-0.2, 0) is 4.79 Å². The molecule has 1 fully saturated rings. The molecule has 0 aromatic carbocycles. The van der Waals surface area contributed by atoms with Crippen LogP contribution in [0.5, 0.6) is 0 Å². The van der Waals surface area contributed by atoms with E-state index in [0.717, 1.165) is 38.8 Å². The summed E-state index contributed by atoms with van der Waals surface area (Å²) >= 11 is 6.64. The summed E-state index contributed by atoms with van der Waals surface area (Å²) in [6.45, 7) is 7.46. The van der Waals surface area contributed by atoms with Crippen LogP contribution in [0.1, 0.15) is 52.9 Å². The summed E-state index contributed by atoms with van der Waals surface area (Å²) in [6.07, 6.45) is 5.51. The molecule has 1 atom stereocenters. The van der Waals surface area contributed by atoms with E-state index < -0.39 is 6.03 Å². The van der Waals surface area contributed by atoms with Crippen LogP contribution >= 0.6 is 24.0 Å². The zero-order chi connectivity index (χ0) is 16.5. The highest BCUT2D eigenvalue weighted by Crippen LogP contribution is 2.18. The summed E-state index contributed by atoms with van der Waals surface area (Å²) in [5.41, 5.74) is 0. The molecule has 1 aliphatic rings. The second-order valence-corrected chi connectivity index (χ2v) is 7.47. The summed E-state index contributed by atoms with van der Waals surface area (Å²) in [5.74, 6) is -0.298. The van der Waals surface area contributed by atoms with E-state index in [1.54, 1.807) is 6.92 Å². The minimum Gasteiger partial charge on any atom is -0.358 e. The maximum absolute atomic E-state index is 12.1. The molecule has 22 heavy (non-hydrogen) atoms. The maximum Gasteiger partial charge on any atom is 0.321 e. The molecule has 0 aromatic heterocycles. The number of thioether (sulfide) groups is 1. The number of hydrogen-bond donors (Lipinski definition) is 2. The third-order valence-electron chi connectivity index (χ3n) is 3.85. The van der Waals surface area contributed by atoms with E-state index >= 15 is 0 Å². The van der Waals surface area contributed by atoms with Crippen molar-refractivity contribution in [2.24, 2.45) is 0 Å². The minimum absolute atomic E-state index is 0.196. The zero-order valence-electron chi connectivity index (χ0n) is 13.7. The lowest BCUT2D eigenvalue weighted by Gasteiger charge is -2.24. The van der Waals surface area contributed by atoms with Gasteiger partial charge in [-0.15, -0.1) is 0 Å². The van der Waals surface area contributed by atoms with Crippen molar-refractivity contribution in [2.45, 2.75) is 64.2 Å². The predicted molar refractivity (Wildman–Crippen MR) is 96.1 cm³/mol. The maximum atomic E-state index is 12.1. The summed E-state index contributed by atoms with van der Waals surface area (Å²) in [7, 11) is 0. The molecule has 0 aromatic rings. The van der Waals surface area contributed by atoms with Crippen molar-refractivity contribution < 1.29 is 9.59 Å². The molecule has 7 heteroatoms. The van der Waals surface area contributed by atoms with Gasteiger partial charge in [0, 0.05) is 19.1 Å². The van der Waals surface area contributed by atoms with Crippen molar-refractivity contribution in [3.05, 3.63) is 0 Å². The Morgan fingerprint density at radius 1 is 1.23 bits per heavy atom. The summed E-state index contributed by atoms with van der Waals surface area (Å²) in [5, 5.41) is 4.91. The number of nitrogens with one attached hydrogen (secondary N) is 2. The van der Waals surface area contributed by atoms with Gasteiger partial charge in [-0.05, 0) is 33.6 Å². The number of hydrogen-bond acceptors (Lipinski definition) is 4. The van der Waals surface area contributed by atoms with Crippen LogP contribution in [0.2, 0.25) is 0 Å². The number of amides is 3. The van der Waals surface area contributed by atoms with Gasteiger partial charge in [-0.25, -0.2) is 4.79 Å². The van der Waals surface area contributed by atoms with Crippen molar-refractivity contribution in [3.63, 3.8) is 0 Å². The number of imide groups is 1. The molecule has 2 N–H and O–H groups in total. The highest BCUT2D eigenvalue weighted by atomic mass is 32.2. The lowest BCUT2D eigenvalue weighted by molar-refractivity contribution is -0.119. The average molecular weight is 346 g/mol. The van der Waals surface area contributed by atoms with Gasteiger partial charge in [0.25, 0.3) is 0 Å². The molecule has 0 bridgehead atoms. The first-order valence-electron chi connectivity index (χ1n) is 8.04. The number of nitrogens with zero attached hydrogens (tertiary/aromatic N) is 1. The summed E-state index contributed by atoms with van der Waals surface area (Å²) in [6, 6.07) is -0.195. The highest BCUT2D eigenvalue weighted by molar-refractivity contribution is 8.23. The van der Waals surface area contributed by atoms with E-state index in [9.17, 15) is 9.59 Å². The van der Waals surface area contributed by atoms with Crippen molar-refractivity contribution in [3.8, 4) is 0 Å². The number of carbonyl (C=O) groups is 2. The zero-order valence-corrected chi connectivity index (χ0v) is 15.3. The van der Waals surface area contributed by atoms with Crippen LogP contribution < -0.4 is 10.6 Å². The average Bonchev–Trinajstić information content (AvgIpc) is 2.49. The van der Waals surface area contributed by atoms with Crippen LogP contribution in [0.15, 0.2) is 0 Å². The minimum atomic E-state index is -0.391. The van der Waals surface area contributed by atoms with Crippen LogP contribution in [0.25, 0.3) is 0 Å². The van der Waals surface area contributed by atoms with Gasteiger partial charge < -0.3 is 10.2 Å². The van der Waals surface area contributed by atoms with Gasteiger partial charge in [0.05, 0.1) is 5.25 Å².